The van der Waals surface area contributed by atoms with Gasteiger partial charge in [-0.2, -0.15) is 0 Å². The summed E-state index contributed by atoms with van der Waals surface area (Å²) in [5.74, 6) is 0.827. The Labute approximate surface area is 145 Å². The lowest BCUT2D eigenvalue weighted by molar-refractivity contribution is 0.177. The zero-order valence-corrected chi connectivity index (χ0v) is 14.3. The van der Waals surface area contributed by atoms with Crippen LogP contribution in [0.25, 0.3) is 5.69 Å². The second-order valence-corrected chi connectivity index (χ2v) is 6.67. The molecule has 1 aromatic carbocycles. The van der Waals surface area contributed by atoms with Gasteiger partial charge >= 0.3 is 6.03 Å². The maximum atomic E-state index is 12.0. The Hall–Kier alpha value is -2.05. The summed E-state index contributed by atoms with van der Waals surface area (Å²) in [6.07, 6.45) is 2.29. The predicted octanol–water partition coefficient (Wildman–Crippen LogP) is 3.12. The minimum atomic E-state index is -0.285. The largest absolute Gasteiger partial charge is 0.393 e. The molecule has 128 valence electrons. The minimum Gasteiger partial charge on any atom is -0.393 e. The molecule has 2 aromatic rings. The molecule has 1 heterocycles. The molecule has 1 aliphatic rings. The van der Waals surface area contributed by atoms with Gasteiger partial charge in [0.15, 0.2) is 5.82 Å². The summed E-state index contributed by atoms with van der Waals surface area (Å²) < 4.78 is 1.73. The summed E-state index contributed by atoms with van der Waals surface area (Å²) in [7, 11) is 0. The first-order chi connectivity index (χ1) is 11.5. The molecule has 3 rings (SSSR count). The van der Waals surface area contributed by atoms with Crippen molar-refractivity contribution in [3.8, 4) is 5.69 Å². The van der Waals surface area contributed by atoms with E-state index in [0.29, 0.717) is 23.3 Å². The maximum absolute atomic E-state index is 12.0. The summed E-state index contributed by atoms with van der Waals surface area (Å²) in [5, 5.41) is 20.1. The number of aromatic nitrogens is 2. The molecule has 0 bridgehead atoms. The zero-order valence-electron chi connectivity index (χ0n) is 13.5. The van der Waals surface area contributed by atoms with Gasteiger partial charge in [-0.1, -0.05) is 17.7 Å². The van der Waals surface area contributed by atoms with Gasteiger partial charge in [0.1, 0.15) is 0 Å². The molecule has 0 saturated heterocycles. The Kier molecular flexibility index (Phi) is 5.06. The van der Waals surface area contributed by atoms with Gasteiger partial charge in [-0.25, -0.2) is 9.48 Å². The number of benzene rings is 1. The number of carbonyl (C=O) groups is 1. The van der Waals surface area contributed by atoms with E-state index in [4.69, 9.17) is 11.6 Å². The smallest absolute Gasteiger partial charge is 0.320 e. The molecule has 0 aliphatic heterocycles. The Morgan fingerprint density at radius 2 is 2.25 bits per heavy atom. The van der Waals surface area contributed by atoms with E-state index >= 15 is 0 Å². The van der Waals surface area contributed by atoms with Gasteiger partial charge in [-0.3, -0.25) is 5.32 Å². The van der Waals surface area contributed by atoms with Crippen LogP contribution in [0.2, 0.25) is 5.02 Å². The Morgan fingerprint density at radius 3 is 2.96 bits per heavy atom. The van der Waals surface area contributed by atoms with E-state index in [1.54, 1.807) is 16.8 Å². The van der Waals surface area contributed by atoms with Crippen LogP contribution in [0, 0.1) is 12.8 Å². The van der Waals surface area contributed by atoms with Crippen molar-refractivity contribution < 1.29 is 9.90 Å². The summed E-state index contributed by atoms with van der Waals surface area (Å²) in [6.45, 7) is 2.48. The lowest BCUT2D eigenvalue weighted by Crippen LogP contribution is -2.32. The number of halogens is 1. The first kappa shape index (κ1) is 16.8. The first-order valence-electron chi connectivity index (χ1n) is 8.07. The second-order valence-electron chi connectivity index (χ2n) is 6.23. The molecule has 1 saturated carbocycles. The first-order valence-corrected chi connectivity index (χ1v) is 8.44. The van der Waals surface area contributed by atoms with Crippen LogP contribution < -0.4 is 10.6 Å². The normalized spacial score (nSPS) is 20.1. The van der Waals surface area contributed by atoms with Crippen LogP contribution in [-0.4, -0.2) is 33.6 Å². The third kappa shape index (κ3) is 4.07. The van der Waals surface area contributed by atoms with Crippen LogP contribution in [0.1, 0.15) is 25.0 Å². The van der Waals surface area contributed by atoms with Gasteiger partial charge in [-0.15, -0.1) is 5.10 Å². The number of nitrogens with one attached hydrogen (secondary N) is 2. The molecule has 7 heteroatoms. The number of aliphatic hydroxyl groups excluding tert-OH is 1. The fourth-order valence-electron chi connectivity index (χ4n) is 3.04. The van der Waals surface area contributed by atoms with Gasteiger partial charge in [0.05, 0.1) is 11.8 Å². The molecule has 2 atom stereocenters. The van der Waals surface area contributed by atoms with E-state index in [9.17, 15) is 9.90 Å². The van der Waals surface area contributed by atoms with Crippen molar-refractivity contribution >= 4 is 23.4 Å². The van der Waals surface area contributed by atoms with Crippen LogP contribution in [0.3, 0.4) is 0 Å². The number of anilines is 1. The average Bonchev–Trinajstić information content (AvgIpc) is 3.11. The highest BCUT2D eigenvalue weighted by Crippen LogP contribution is 2.24. The fraction of sp³-hybridized carbons (Fsp3) is 0.412. The fourth-order valence-corrected chi connectivity index (χ4v) is 3.22. The van der Waals surface area contributed by atoms with Crippen molar-refractivity contribution in [1.82, 2.24) is 15.1 Å². The monoisotopic (exact) mass is 348 g/mol. The maximum Gasteiger partial charge on any atom is 0.320 e. The lowest BCUT2D eigenvalue weighted by atomic mass is 10.1. The number of amides is 2. The molecule has 24 heavy (non-hydrogen) atoms. The summed E-state index contributed by atoms with van der Waals surface area (Å²) in [5.41, 5.74) is 1.74. The molecule has 0 radical (unpaired) electrons. The highest BCUT2D eigenvalue weighted by molar-refractivity contribution is 6.30. The SMILES string of the molecule is Cc1cc(NC(=O)NC[C@H]2CC[C@@H](O)C2)nn1-c1cccc(Cl)c1. The minimum absolute atomic E-state index is 0.226. The number of aliphatic hydroxyl groups is 1. The summed E-state index contributed by atoms with van der Waals surface area (Å²) >= 11 is 6.01. The van der Waals surface area contributed by atoms with Crippen LogP contribution in [0.15, 0.2) is 30.3 Å². The third-order valence-electron chi connectivity index (χ3n) is 4.25. The Bertz CT molecular complexity index is 731. The van der Waals surface area contributed by atoms with Gasteiger partial charge < -0.3 is 10.4 Å². The summed E-state index contributed by atoms with van der Waals surface area (Å²) in [6, 6.07) is 8.90. The highest BCUT2D eigenvalue weighted by atomic mass is 35.5. The van der Waals surface area contributed by atoms with Gasteiger partial charge in [-0.05, 0) is 50.3 Å². The Balaban J connectivity index is 1.59. The number of nitrogens with zero attached hydrogens (tertiary/aromatic N) is 2. The van der Waals surface area contributed by atoms with Gasteiger partial charge in [0.25, 0.3) is 0 Å². The van der Waals surface area contributed by atoms with E-state index in [-0.39, 0.29) is 12.1 Å². The molecule has 0 spiro atoms. The van der Waals surface area contributed by atoms with Crippen LogP contribution in [0.4, 0.5) is 10.6 Å². The third-order valence-corrected chi connectivity index (χ3v) is 4.48. The van der Waals surface area contributed by atoms with E-state index in [1.165, 1.54) is 0 Å². The van der Waals surface area contributed by atoms with Gasteiger partial charge in [0, 0.05) is 23.3 Å². The van der Waals surface area contributed by atoms with E-state index in [0.717, 1.165) is 30.6 Å². The van der Waals surface area contributed by atoms with Crippen molar-refractivity contribution in [2.45, 2.75) is 32.3 Å². The molecule has 3 N–H and O–H groups in total. The quantitative estimate of drug-likeness (QED) is 0.794. The number of aryl methyl sites for hydroxylation is 1. The van der Waals surface area contributed by atoms with E-state index in [1.807, 2.05) is 25.1 Å². The zero-order chi connectivity index (χ0) is 17.1. The lowest BCUT2D eigenvalue weighted by Gasteiger charge is -2.10. The van der Waals surface area contributed by atoms with Crippen molar-refractivity contribution in [2.75, 3.05) is 11.9 Å². The number of urea groups is 1. The summed E-state index contributed by atoms with van der Waals surface area (Å²) in [4.78, 5) is 12.0. The van der Waals surface area contributed by atoms with Crippen molar-refractivity contribution in [2.24, 2.45) is 5.92 Å². The van der Waals surface area contributed by atoms with Crippen molar-refractivity contribution in [3.63, 3.8) is 0 Å². The second kappa shape index (κ2) is 7.23. The number of hydrogen-bond acceptors (Lipinski definition) is 3. The highest BCUT2D eigenvalue weighted by Gasteiger charge is 2.23. The molecular formula is C17H21ClN4O2. The molecule has 6 nitrogen and oxygen atoms in total. The molecule has 0 unspecified atom stereocenters. The van der Waals surface area contributed by atoms with E-state index < -0.39 is 0 Å². The predicted molar refractivity (Wildman–Crippen MR) is 93.7 cm³/mol. The molecule has 2 amide bonds. The number of hydrogen-bond donors (Lipinski definition) is 3. The topological polar surface area (TPSA) is 79.2 Å². The van der Waals surface area contributed by atoms with Crippen LogP contribution >= 0.6 is 11.6 Å². The standard InChI is InChI=1S/C17H21ClN4O2/c1-11-7-16(21-22(11)14-4-2-3-13(18)9-14)20-17(24)19-10-12-5-6-15(23)8-12/h2-4,7,9,12,15,23H,5-6,8,10H2,1H3,(H2,19,20,21,24)/t12-,15+/m0/s1. The van der Waals surface area contributed by atoms with Crippen molar-refractivity contribution in [3.05, 3.63) is 41.0 Å². The van der Waals surface area contributed by atoms with Crippen LogP contribution in [-0.2, 0) is 0 Å². The van der Waals surface area contributed by atoms with Crippen molar-refractivity contribution in [1.29, 1.82) is 0 Å². The molecule has 1 fully saturated rings. The average molecular weight is 349 g/mol. The number of carbonyl (C=O) groups excluding carboxylic acids is 1. The van der Waals surface area contributed by atoms with Gasteiger partial charge in [0.2, 0.25) is 0 Å². The Morgan fingerprint density at radius 1 is 1.42 bits per heavy atom. The molecular weight excluding hydrogens is 328 g/mol. The molecule has 1 aromatic heterocycles. The number of rotatable bonds is 4. The molecule has 1 aliphatic carbocycles. The van der Waals surface area contributed by atoms with E-state index in [2.05, 4.69) is 15.7 Å². The van der Waals surface area contributed by atoms with Crippen LogP contribution in [0.5, 0.6) is 0 Å².